The molecule has 0 atom stereocenters. The largest absolute Gasteiger partial charge is 0.493 e. The number of nitrogens with one attached hydrogen (secondary N) is 1. The Morgan fingerprint density at radius 2 is 1.76 bits per heavy atom. The number of amides is 1. The van der Waals surface area contributed by atoms with E-state index in [0.29, 0.717) is 29.4 Å². The smallest absolute Gasteiger partial charge is 0.338 e. The lowest BCUT2D eigenvalue weighted by atomic mass is 10.2. The first-order chi connectivity index (χ1) is 14.1. The number of hydrogen-bond acceptors (Lipinski definition) is 7. The van der Waals surface area contributed by atoms with Crippen LogP contribution >= 0.6 is 0 Å². The zero-order valence-electron chi connectivity index (χ0n) is 16.6. The Labute approximate surface area is 169 Å². The molecule has 2 aromatic rings. The first-order valence-electron chi connectivity index (χ1n) is 9.01. The third-order valence-corrected chi connectivity index (χ3v) is 3.71. The van der Waals surface area contributed by atoms with E-state index in [9.17, 15) is 9.59 Å². The normalized spacial score (nSPS) is 10.4. The lowest BCUT2D eigenvalue weighted by molar-refractivity contribution is -0.123. The number of methoxy groups -OCH3 is 2. The van der Waals surface area contributed by atoms with Gasteiger partial charge in [0.25, 0.3) is 5.91 Å². The highest BCUT2D eigenvalue weighted by molar-refractivity contribution is 5.89. The highest BCUT2D eigenvalue weighted by Crippen LogP contribution is 2.26. The third-order valence-electron chi connectivity index (χ3n) is 3.71. The lowest BCUT2D eigenvalue weighted by Crippen LogP contribution is -2.24. The van der Waals surface area contributed by atoms with Gasteiger partial charge in [0.1, 0.15) is 5.75 Å². The minimum absolute atomic E-state index is 0.219. The summed E-state index contributed by atoms with van der Waals surface area (Å²) in [5, 5.41) is 3.89. The molecular formula is C21H24N2O6. The van der Waals surface area contributed by atoms with Gasteiger partial charge in [-0.1, -0.05) is 6.92 Å². The van der Waals surface area contributed by atoms with Crippen molar-refractivity contribution in [2.45, 2.75) is 13.3 Å². The van der Waals surface area contributed by atoms with E-state index < -0.39 is 5.91 Å². The highest BCUT2D eigenvalue weighted by Gasteiger charge is 2.08. The molecule has 1 amide bonds. The van der Waals surface area contributed by atoms with E-state index in [1.807, 2.05) is 6.92 Å². The van der Waals surface area contributed by atoms with Crippen molar-refractivity contribution < 1.29 is 28.5 Å². The van der Waals surface area contributed by atoms with E-state index in [0.717, 1.165) is 12.0 Å². The van der Waals surface area contributed by atoms with E-state index in [1.165, 1.54) is 6.21 Å². The van der Waals surface area contributed by atoms with Crippen LogP contribution < -0.4 is 19.6 Å². The van der Waals surface area contributed by atoms with Crippen LogP contribution in [0.3, 0.4) is 0 Å². The Kier molecular flexibility index (Phi) is 8.50. The second kappa shape index (κ2) is 11.3. The van der Waals surface area contributed by atoms with Crippen LogP contribution in [0, 0.1) is 0 Å². The summed E-state index contributed by atoms with van der Waals surface area (Å²) in [5.74, 6) is 0.810. The lowest BCUT2D eigenvalue weighted by Gasteiger charge is -2.08. The van der Waals surface area contributed by atoms with E-state index in [-0.39, 0.29) is 12.6 Å². The Bertz CT molecular complexity index is 849. The maximum atomic E-state index is 11.9. The van der Waals surface area contributed by atoms with Gasteiger partial charge in [0.05, 0.1) is 32.6 Å². The molecule has 2 rings (SSSR count). The van der Waals surface area contributed by atoms with Crippen LogP contribution in [0.25, 0.3) is 0 Å². The van der Waals surface area contributed by atoms with Crippen LogP contribution in [0.4, 0.5) is 0 Å². The zero-order chi connectivity index (χ0) is 21.1. The summed E-state index contributed by atoms with van der Waals surface area (Å²) in [6, 6.07) is 11.6. The molecule has 0 saturated heterocycles. The molecule has 0 bridgehead atoms. The number of carbonyl (C=O) groups excluding carboxylic acids is 2. The number of carbonyl (C=O) groups is 2. The average molecular weight is 400 g/mol. The molecule has 2 aromatic carbocycles. The molecule has 8 nitrogen and oxygen atoms in total. The van der Waals surface area contributed by atoms with E-state index >= 15 is 0 Å². The van der Waals surface area contributed by atoms with Gasteiger partial charge in [-0.2, -0.15) is 5.10 Å². The fraction of sp³-hybridized carbons (Fsp3) is 0.286. The number of hydrogen-bond donors (Lipinski definition) is 1. The molecule has 8 heteroatoms. The molecule has 154 valence electrons. The van der Waals surface area contributed by atoms with Crippen molar-refractivity contribution >= 4 is 18.1 Å². The summed E-state index contributed by atoms with van der Waals surface area (Å²) < 4.78 is 20.8. The topological polar surface area (TPSA) is 95.5 Å². The molecule has 1 N–H and O–H groups in total. The van der Waals surface area contributed by atoms with E-state index in [4.69, 9.17) is 18.9 Å². The van der Waals surface area contributed by atoms with Crippen molar-refractivity contribution in [2.24, 2.45) is 5.10 Å². The molecule has 0 aliphatic carbocycles. The van der Waals surface area contributed by atoms with Crippen molar-refractivity contribution in [2.75, 3.05) is 27.4 Å². The van der Waals surface area contributed by atoms with Crippen molar-refractivity contribution in [3.05, 3.63) is 53.6 Å². The van der Waals surface area contributed by atoms with Gasteiger partial charge in [-0.25, -0.2) is 10.2 Å². The van der Waals surface area contributed by atoms with Gasteiger partial charge in [0, 0.05) is 0 Å². The molecule has 0 aliphatic rings. The van der Waals surface area contributed by atoms with Crippen molar-refractivity contribution in [1.82, 2.24) is 5.43 Å². The van der Waals surface area contributed by atoms with E-state index in [2.05, 4.69) is 10.5 Å². The van der Waals surface area contributed by atoms with Gasteiger partial charge in [0.15, 0.2) is 18.1 Å². The van der Waals surface area contributed by atoms with Crippen molar-refractivity contribution in [1.29, 1.82) is 0 Å². The van der Waals surface area contributed by atoms with Crippen molar-refractivity contribution in [3.63, 3.8) is 0 Å². The fourth-order valence-corrected chi connectivity index (χ4v) is 2.26. The number of rotatable bonds is 10. The van der Waals surface area contributed by atoms with Gasteiger partial charge in [-0.05, 0) is 54.4 Å². The summed E-state index contributed by atoms with van der Waals surface area (Å²) in [7, 11) is 3.09. The van der Waals surface area contributed by atoms with Crippen LogP contribution in [0.5, 0.6) is 17.2 Å². The second-order valence-corrected chi connectivity index (χ2v) is 5.86. The van der Waals surface area contributed by atoms with E-state index in [1.54, 1.807) is 56.7 Å². The molecule has 0 fully saturated rings. The SMILES string of the molecule is CCCOC(=O)c1ccc(OCC(=O)N/N=C/c2ccc(OC)c(OC)c2)cc1. The first-order valence-corrected chi connectivity index (χ1v) is 9.01. The molecule has 0 saturated carbocycles. The maximum Gasteiger partial charge on any atom is 0.338 e. The van der Waals surface area contributed by atoms with Gasteiger partial charge in [-0.3, -0.25) is 4.79 Å². The Balaban J connectivity index is 1.81. The molecule has 0 spiro atoms. The van der Waals surface area contributed by atoms with Gasteiger partial charge in [-0.15, -0.1) is 0 Å². The number of ether oxygens (including phenoxy) is 4. The molecular weight excluding hydrogens is 376 g/mol. The standard InChI is InChI=1S/C21H24N2O6/c1-4-11-28-21(25)16-6-8-17(9-7-16)29-14-20(24)23-22-13-15-5-10-18(26-2)19(12-15)27-3/h5-10,12-13H,4,11,14H2,1-3H3,(H,23,24)/b22-13+. The van der Waals surface area contributed by atoms with Gasteiger partial charge < -0.3 is 18.9 Å². The number of nitrogens with zero attached hydrogens (tertiary/aromatic N) is 1. The predicted molar refractivity (Wildman–Crippen MR) is 108 cm³/mol. The molecule has 0 radical (unpaired) electrons. The monoisotopic (exact) mass is 400 g/mol. The molecule has 0 aliphatic heterocycles. The van der Waals surface area contributed by atoms with Crippen LogP contribution in [0.15, 0.2) is 47.6 Å². The fourth-order valence-electron chi connectivity index (χ4n) is 2.26. The summed E-state index contributed by atoms with van der Waals surface area (Å²) >= 11 is 0. The average Bonchev–Trinajstić information content (AvgIpc) is 2.76. The zero-order valence-corrected chi connectivity index (χ0v) is 16.6. The highest BCUT2D eigenvalue weighted by atomic mass is 16.5. The van der Waals surface area contributed by atoms with Gasteiger partial charge >= 0.3 is 5.97 Å². The summed E-state index contributed by atoms with van der Waals surface area (Å²) in [6.45, 7) is 2.08. The van der Waals surface area contributed by atoms with Crippen LogP contribution in [-0.2, 0) is 9.53 Å². The Morgan fingerprint density at radius 1 is 1.03 bits per heavy atom. The van der Waals surface area contributed by atoms with Gasteiger partial charge in [0.2, 0.25) is 0 Å². The Hall–Kier alpha value is -3.55. The molecule has 29 heavy (non-hydrogen) atoms. The minimum Gasteiger partial charge on any atom is -0.493 e. The van der Waals surface area contributed by atoms with Crippen LogP contribution in [-0.4, -0.2) is 45.5 Å². The summed E-state index contributed by atoms with van der Waals surface area (Å²) in [6.07, 6.45) is 2.24. The third kappa shape index (κ3) is 6.84. The maximum absolute atomic E-state index is 11.9. The second-order valence-electron chi connectivity index (χ2n) is 5.86. The number of benzene rings is 2. The number of hydrazone groups is 1. The number of esters is 1. The summed E-state index contributed by atoms with van der Waals surface area (Å²) in [4.78, 5) is 23.6. The quantitative estimate of drug-likeness (QED) is 0.374. The van der Waals surface area contributed by atoms with Crippen LogP contribution in [0.1, 0.15) is 29.3 Å². The molecule has 0 aromatic heterocycles. The van der Waals surface area contributed by atoms with Crippen molar-refractivity contribution in [3.8, 4) is 17.2 Å². The predicted octanol–water partition coefficient (Wildman–Crippen LogP) is 2.80. The minimum atomic E-state index is -0.423. The molecule has 0 unspecified atom stereocenters. The van der Waals surface area contributed by atoms with Crippen LogP contribution in [0.2, 0.25) is 0 Å². The first kappa shape index (κ1) is 21.7. The Morgan fingerprint density at radius 3 is 2.41 bits per heavy atom. The molecule has 0 heterocycles. The summed E-state index contributed by atoms with van der Waals surface area (Å²) in [5.41, 5.74) is 3.54.